The first-order valence-electron chi connectivity index (χ1n) is 7.53. The fraction of sp³-hybridized carbons (Fsp3) is 0.800. The van der Waals surface area contributed by atoms with Crippen molar-refractivity contribution in [1.29, 1.82) is 0 Å². The van der Waals surface area contributed by atoms with Crippen molar-refractivity contribution >= 4 is 0 Å². The number of piperidine rings is 1. The minimum absolute atomic E-state index is 0.305. The number of hydrogen-bond donors (Lipinski definition) is 1. The van der Waals surface area contributed by atoms with Crippen molar-refractivity contribution in [1.82, 2.24) is 14.5 Å². The molecule has 0 saturated carbocycles. The first-order valence-corrected chi connectivity index (χ1v) is 7.53. The number of aromatic nitrogens is 2. The average molecular weight is 281 g/mol. The number of aliphatic hydroxyl groups is 1. The molecule has 1 aromatic heterocycles. The van der Waals surface area contributed by atoms with Crippen LogP contribution >= 0.6 is 0 Å². The number of likely N-dealkylation sites (tertiary alicyclic amines) is 1. The Labute approximate surface area is 121 Å². The van der Waals surface area contributed by atoms with Gasteiger partial charge in [-0.3, -0.25) is 0 Å². The topological polar surface area (TPSA) is 50.5 Å². The van der Waals surface area contributed by atoms with E-state index in [9.17, 15) is 5.11 Å². The minimum Gasteiger partial charge on any atom is -0.389 e. The zero-order chi connectivity index (χ0) is 14.4. The molecule has 20 heavy (non-hydrogen) atoms. The van der Waals surface area contributed by atoms with E-state index in [0.717, 1.165) is 45.4 Å². The maximum Gasteiger partial charge on any atom is 0.0945 e. The van der Waals surface area contributed by atoms with Crippen molar-refractivity contribution in [3.63, 3.8) is 0 Å². The summed E-state index contributed by atoms with van der Waals surface area (Å²) >= 11 is 0. The maximum atomic E-state index is 10.6. The fourth-order valence-corrected chi connectivity index (χ4v) is 3.00. The van der Waals surface area contributed by atoms with Gasteiger partial charge in [0.05, 0.1) is 11.9 Å². The number of imidazole rings is 1. The highest BCUT2D eigenvalue weighted by molar-refractivity contribution is 4.91. The van der Waals surface area contributed by atoms with E-state index < -0.39 is 5.60 Å². The quantitative estimate of drug-likeness (QED) is 0.820. The molecule has 0 aromatic carbocycles. The molecule has 0 radical (unpaired) electrons. The lowest BCUT2D eigenvalue weighted by Crippen LogP contribution is -2.51. The van der Waals surface area contributed by atoms with Crippen LogP contribution in [0.2, 0.25) is 0 Å². The fourth-order valence-electron chi connectivity index (χ4n) is 3.00. The van der Waals surface area contributed by atoms with Gasteiger partial charge in [0.2, 0.25) is 0 Å². The van der Waals surface area contributed by atoms with Crippen LogP contribution in [0.3, 0.4) is 0 Å². The number of nitrogens with zero attached hydrogens (tertiary/aromatic N) is 3. The lowest BCUT2D eigenvalue weighted by molar-refractivity contribution is -0.0813. The Balaban J connectivity index is 1.71. The first-order chi connectivity index (χ1) is 9.64. The van der Waals surface area contributed by atoms with Crippen molar-refractivity contribution in [3.05, 3.63) is 18.7 Å². The summed E-state index contributed by atoms with van der Waals surface area (Å²) in [5.74, 6) is 0.305. The van der Waals surface area contributed by atoms with Gasteiger partial charge in [0.1, 0.15) is 0 Å². The van der Waals surface area contributed by atoms with Crippen LogP contribution in [0.4, 0.5) is 0 Å². The highest BCUT2D eigenvalue weighted by atomic mass is 16.5. The van der Waals surface area contributed by atoms with Crippen LogP contribution in [0.5, 0.6) is 0 Å². The number of rotatable bonds is 7. The molecule has 0 unspecified atom stereocenters. The molecule has 114 valence electrons. The molecule has 0 spiro atoms. The molecule has 1 aliphatic heterocycles. The summed E-state index contributed by atoms with van der Waals surface area (Å²) in [6.45, 7) is 6.85. The molecule has 1 saturated heterocycles. The second kappa shape index (κ2) is 7.20. The van der Waals surface area contributed by atoms with Gasteiger partial charge in [0.25, 0.3) is 0 Å². The van der Waals surface area contributed by atoms with E-state index in [0.29, 0.717) is 12.5 Å². The van der Waals surface area contributed by atoms with E-state index in [1.165, 1.54) is 0 Å². The van der Waals surface area contributed by atoms with Crippen LogP contribution in [0.25, 0.3) is 0 Å². The smallest absolute Gasteiger partial charge is 0.0945 e. The maximum absolute atomic E-state index is 10.6. The van der Waals surface area contributed by atoms with E-state index in [1.807, 2.05) is 18.7 Å². The number of hydrogen-bond acceptors (Lipinski definition) is 4. The Morgan fingerprint density at radius 1 is 1.45 bits per heavy atom. The van der Waals surface area contributed by atoms with Gasteiger partial charge in [0.15, 0.2) is 0 Å². The summed E-state index contributed by atoms with van der Waals surface area (Å²) in [5, 5.41) is 10.6. The van der Waals surface area contributed by atoms with Gasteiger partial charge in [-0.05, 0) is 31.7 Å². The second-order valence-corrected chi connectivity index (χ2v) is 5.95. The van der Waals surface area contributed by atoms with Crippen molar-refractivity contribution in [2.45, 2.75) is 38.3 Å². The van der Waals surface area contributed by atoms with Crippen molar-refractivity contribution < 1.29 is 9.84 Å². The van der Waals surface area contributed by atoms with Gasteiger partial charge in [-0.1, -0.05) is 6.92 Å². The number of methoxy groups -OCH3 is 1. The number of ether oxygens (including phenoxy) is 1. The van der Waals surface area contributed by atoms with Gasteiger partial charge in [-0.25, -0.2) is 4.98 Å². The minimum atomic E-state index is -0.545. The monoisotopic (exact) mass is 281 g/mol. The van der Waals surface area contributed by atoms with Gasteiger partial charge in [-0.15, -0.1) is 0 Å². The summed E-state index contributed by atoms with van der Waals surface area (Å²) in [7, 11) is 1.69. The molecule has 2 rings (SSSR count). The lowest BCUT2D eigenvalue weighted by atomic mass is 9.80. The summed E-state index contributed by atoms with van der Waals surface area (Å²) in [6, 6.07) is 0. The SMILES string of the molecule is COCC[C@@]1(O)CCN(CCCn2ccnc2)C[C@@H]1C. The van der Waals surface area contributed by atoms with Crippen LogP contribution < -0.4 is 0 Å². The molecule has 2 atom stereocenters. The van der Waals surface area contributed by atoms with Crippen molar-refractivity contribution in [2.24, 2.45) is 5.92 Å². The van der Waals surface area contributed by atoms with Crippen LogP contribution in [0.15, 0.2) is 18.7 Å². The Hall–Kier alpha value is -0.910. The van der Waals surface area contributed by atoms with E-state index in [-0.39, 0.29) is 0 Å². The van der Waals surface area contributed by atoms with Crippen molar-refractivity contribution in [2.75, 3.05) is 33.4 Å². The van der Waals surface area contributed by atoms with E-state index >= 15 is 0 Å². The van der Waals surface area contributed by atoms with Crippen LogP contribution in [-0.2, 0) is 11.3 Å². The molecule has 0 bridgehead atoms. The summed E-state index contributed by atoms with van der Waals surface area (Å²) in [5.41, 5.74) is -0.545. The van der Waals surface area contributed by atoms with E-state index in [1.54, 1.807) is 7.11 Å². The Morgan fingerprint density at radius 2 is 2.30 bits per heavy atom. The standard InChI is InChI=1S/C15H27N3O2/c1-14-12-17(7-3-8-18-10-6-16-13-18)9-4-15(14,19)5-11-20-2/h6,10,13-14,19H,3-5,7-9,11-12H2,1-2H3/t14-,15-/m0/s1. The molecule has 1 fully saturated rings. The normalized spacial score (nSPS) is 27.9. The molecule has 5 heteroatoms. The van der Waals surface area contributed by atoms with Gasteiger partial charge in [0, 0.05) is 45.7 Å². The first kappa shape index (κ1) is 15.5. The Bertz CT molecular complexity index is 382. The molecular formula is C15H27N3O2. The second-order valence-electron chi connectivity index (χ2n) is 5.95. The van der Waals surface area contributed by atoms with E-state index in [4.69, 9.17) is 4.74 Å². The molecule has 2 heterocycles. The molecule has 1 N–H and O–H groups in total. The highest BCUT2D eigenvalue weighted by Crippen LogP contribution is 2.30. The summed E-state index contributed by atoms with van der Waals surface area (Å²) in [4.78, 5) is 6.51. The third kappa shape index (κ3) is 4.04. The zero-order valence-electron chi connectivity index (χ0n) is 12.7. The largest absolute Gasteiger partial charge is 0.389 e. The summed E-state index contributed by atoms with van der Waals surface area (Å²) in [6.07, 6.45) is 8.40. The van der Waals surface area contributed by atoms with Gasteiger partial charge >= 0.3 is 0 Å². The van der Waals surface area contributed by atoms with Gasteiger partial charge < -0.3 is 19.3 Å². The molecule has 1 aliphatic rings. The molecule has 5 nitrogen and oxygen atoms in total. The van der Waals surface area contributed by atoms with E-state index in [2.05, 4.69) is 21.4 Å². The highest BCUT2D eigenvalue weighted by Gasteiger charge is 2.38. The predicted molar refractivity (Wildman–Crippen MR) is 78.5 cm³/mol. The van der Waals surface area contributed by atoms with Crippen molar-refractivity contribution in [3.8, 4) is 0 Å². The molecule has 0 aliphatic carbocycles. The Morgan fingerprint density at radius 3 is 2.95 bits per heavy atom. The van der Waals surface area contributed by atoms with Gasteiger partial charge in [-0.2, -0.15) is 0 Å². The lowest BCUT2D eigenvalue weighted by Gasteiger charge is -2.43. The zero-order valence-corrected chi connectivity index (χ0v) is 12.7. The molecule has 0 amide bonds. The predicted octanol–water partition coefficient (Wildman–Crippen LogP) is 1.38. The molecule has 1 aromatic rings. The third-order valence-corrected chi connectivity index (χ3v) is 4.50. The van der Waals surface area contributed by atoms with Crippen LogP contribution in [0.1, 0.15) is 26.2 Å². The third-order valence-electron chi connectivity index (χ3n) is 4.50. The summed E-state index contributed by atoms with van der Waals surface area (Å²) < 4.78 is 7.22. The average Bonchev–Trinajstić information content (AvgIpc) is 2.94. The van der Waals surface area contributed by atoms with Crippen LogP contribution in [0, 0.1) is 5.92 Å². The molecular weight excluding hydrogens is 254 g/mol. The number of aryl methyl sites for hydroxylation is 1. The Kier molecular flexibility index (Phi) is 5.57. The van der Waals surface area contributed by atoms with Crippen LogP contribution in [-0.4, -0.2) is 58.5 Å².